The molecule has 1 aromatic carbocycles. The number of rotatable bonds is 3. The average molecular weight is 463 g/mol. The number of fused-ring (bicyclic) bond motifs is 2. The quantitative estimate of drug-likeness (QED) is 0.452. The summed E-state index contributed by atoms with van der Waals surface area (Å²) in [7, 11) is 0. The van der Waals surface area contributed by atoms with Gasteiger partial charge in [0, 0.05) is 44.3 Å². The Morgan fingerprint density at radius 2 is 1.94 bits per heavy atom. The summed E-state index contributed by atoms with van der Waals surface area (Å²) in [6, 6.07) is 5.55. The number of hydrogen-bond donors (Lipinski definition) is 0. The van der Waals surface area contributed by atoms with E-state index < -0.39 is 11.7 Å². The van der Waals surface area contributed by atoms with Gasteiger partial charge in [0.25, 0.3) is 0 Å². The van der Waals surface area contributed by atoms with Crippen LogP contribution in [0.5, 0.6) is 0 Å². The predicted octanol–water partition coefficient (Wildman–Crippen LogP) is 5.29. The zero-order valence-electron chi connectivity index (χ0n) is 19.5. The van der Waals surface area contributed by atoms with Crippen molar-refractivity contribution in [1.29, 1.82) is 0 Å². The summed E-state index contributed by atoms with van der Waals surface area (Å²) >= 11 is 0. The standard InChI is InChI=1S/C26H33F3N2O2/c1-17-5-4-8-25(2)15-23-20(14-22(17)25)21(24(32)33-23)16-30-9-11-31(12-10-30)19-7-3-6-18(13-19)26(27,28)29/h3,6-7,13,20-21,23H,4-5,8-12,14-16H2,1-2H3/t20-,21+,23+,25+/m0/s1. The van der Waals surface area contributed by atoms with Gasteiger partial charge in [-0.3, -0.25) is 9.69 Å². The van der Waals surface area contributed by atoms with Crippen LogP contribution in [0.15, 0.2) is 35.4 Å². The van der Waals surface area contributed by atoms with Gasteiger partial charge in [-0.2, -0.15) is 13.2 Å². The van der Waals surface area contributed by atoms with Gasteiger partial charge in [0.05, 0.1) is 11.5 Å². The highest BCUT2D eigenvalue weighted by molar-refractivity contribution is 5.76. The Hall–Kier alpha value is -2.02. The van der Waals surface area contributed by atoms with Gasteiger partial charge in [0.15, 0.2) is 0 Å². The Balaban J connectivity index is 1.23. The summed E-state index contributed by atoms with van der Waals surface area (Å²) in [5.74, 6) is 0.0720. The Morgan fingerprint density at radius 1 is 1.18 bits per heavy atom. The van der Waals surface area contributed by atoms with Crippen molar-refractivity contribution in [3.05, 3.63) is 41.0 Å². The second-order valence-corrected chi connectivity index (χ2v) is 10.7. The second kappa shape index (κ2) is 8.33. The molecule has 0 spiro atoms. The molecule has 1 saturated carbocycles. The lowest BCUT2D eigenvalue weighted by Crippen LogP contribution is -2.49. The molecule has 33 heavy (non-hydrogen) atoms. The molecule has 0 amide bonds. The second-order valence-electron chi connectivity index (χ2n) is 10.7. The monoisotopic (exact) mass is 462 g/mol. The average Bonchev–Trinajstić information content (AvgIpc) is 3.06. The molecule has 2 aliphatic carbocycles. The summed E-state index contributed by atoms with van der Waals surface area (Å²) in [4.78, 5) is 17.1. The molecule has 0 aromatic heterocycles. The molecule has 5 rings (SSSR count). The summed E-state index contributed by atoms with van der Waals surface area (Å²) < 4.78 is 45.1. The van der Waals surface area contributed by atoms with Gasteiger partial charge in [0.1, 0.15) is 6.10 Å². The zero-order valence-corrected chi connectivity index (χ0v) is 19.5. The van der Waals surface area contributed by atoms with Crippen LogP contribution in [0.25, 0.3) is 0 Å². The number of alkyl halides is 3. The summed E-state index contributed by atoms with van der Waals surface area (Å²) in [6.45, 7) is 8.05. The van der Waals surface area contributed by atoms with E-state index in [4.69, 9.17) is 4.74 Å². The van der Waals surface area contributed by atoms with Crippen LogP contribution in [-0.2, 0) is 15.7 Å². The van der Waals surface area contributed by atoms with Gasteiger partial charge in [-0.05, 0) is 62.6 Å². The van der Waals surface area contributed by atoms with Crippen molar-refractivity contribution in [3.8, 4) is 0 Å². The number of ether oxygens (including phenoxy) is 1. The molecule has 2 saturated heterocycles. The molecule has 7 heteroatoms. The summed E-state index contributed by atoms with van der Waals surface area (Å²) in [6.07, 6.45) is 1.16. The van der Waals surface area contributed by atoms with E-state index in [1.165, 1.54) is 37.0 Å². The van der Waals surface area contributed by atoms with E-state index >= 15 is 0 Å². The molecule has 3 fully saturated rings. The van der Waals surface area contributed by atoms with Gasteiger partial charge in [-0.1, -0.05) is 24.1 Å². The van der Waals surface area contributed by atoms with Crippen LogP contribution in [0, 0.1) is 17.3 Å². The van der Waals surface area contributed by atoms with Gasteiger partial charge in [-0.25, -0.2) is 0 Å². The fourth-order valence-corrected chi connectivity index (χ4v) is 6.67. The third-order valence-corrected chi connectivity index (χ3v) is 8.55. The molecule has 4 aliphatic rings. The molecule has 0 bridgehead atoms. The van der Waals surface area contributed by atoms with Crippen molar-refractivity contribution in [2.24, 2.45) is 17.3 Å². The molecule has 180 valence electrons. The number of hydrogen-bond acceptors (Lipinski definition) is 4. The van der Waals surface area contributed by atoms with Crippen LogP contribution < -0.4 is 4.90 Å². The number of piperazine rings is 1. The number of nitrogens with zero attached hydrogens (tertiary/aromatic N) is 2. The van der Waals surface area contributed by atoms with Gasteiger partial charge in [0.2, 0.25) is 0 Å². The number of halogens is 3. The maximum absolute atomic E-state index is 13.1. The molecule has 2 heterocycles. The number of carbonyl (C=O) groups excluding carboxylic acids is 1. The fourth-order valence-electron chi connectivity index (χ4n) is 6.67. The van der Waals surface area contributed by atoms with Crippen molar-refractivity contribution in [2.75, 3.05) is 37.6 Å². The van der Waals surface area contributed by atoms with Crippen LogP contribution >= 0.6 is 0 Å². The van der Waals surface area contributed by atoms with E-state index in [1.54, 1.807) is 11.6 Å². The lowest BCUT2D eigenvalue weighted by atomic mass is 9.59. The Morgan fingerprint density at radius 3 is 2.67 bits per heavy atom. The minimum atomic E-state index is -4.33. The first kappa shape index (κ1) is 22.8. The molecule has 0 radical (unpaired) electrons. The molecule has 4 atom stereocenters. The van der Waals surface area contributed by atoms with Crippen molar-refractivity contribution in [1.82, 2.24) is 4.90 Å². The molecule has 0 N–H and O–H groups in total. The van der Waals surface area contributed by atoms with Crippen LogP contribution in [-0.4, -0.2) is 49.7 Å². The first-order valence-electron chi connectivity index (χ1n) is 12.2. The van der Waals surface area contributed by atoms with Crippen LogP contribution in [0.3, 0.4) is 0 Å². The Kier molecular flexibility index (Phi) is 5.74. The first-order valence-corrected chi connectivity index (χ1v) is 12.2. The van der Waals surface area contributed by atoms with Crippen molar-refractivity contribution >= 4 is 11.7 Å². The Bertz CT molecular complexity index is 951. The minimum absolute atomic E-state index is 0.0218. The van der Waals surface area contributed by atoms with Crippen molar-refractivity contribution in [2.45, 2.75) is 58.2 Å². The third kappa shape index (κ3) is 4.29. The van der Waals surface area contributed by atoms with Crippen LogP contribution in [0.4, 0.5) is 18.9 Å². The maximum atomic E-state index is 13.1. The highest BCUT2D eigenvalue weighted by Gasteiger charge is 2.53. The largest absolute Gasteiger partial charge is 0.462 e. The van der Waals surface area contributed by atoms with Gasteiger partial charge < -0.3 is 9.64 Å². The number of carbonyl (C=O) groups is 1. The summed E-state index contributed by atoms with van der Waals surface area (Å²) in [5.41, 5.74) is 3.24. The molecule has 0 unspecified atom stereocenters. The summed E-state index contributed by atoms with van der Waals surface area (Å²) in [5, 5.41) is 0. The van der Waals surface area contributed by atoms with Gasteiger partial charge in [-0.15, -0.1) is 0 Å². The number of anilines is 1. The first-order chi connectivity index (χ1) is 15.6. The van der Waals surface area contributed by atoms with Crippen LogP contribution in [0.2, 0.25) is 0 Å². The predicted molar refractivity (Wildman–Crippen MR) is 121 cm³/mol. The fraction of sp³-hybridized carbons (Fsp3) is 0.654. The van der Waals surface area contributed by atoms with Gasteiger partial charge >= 0.3 is 12.1 Å². The van der Waals surface area contributed by atoms with E-state index in [0.29, 0.717) is 25.3 Å². The van der Waals surface area contributed by atoms with Crippen molar-refractivity contribution < 1.29 is 22.7 Å². The highest BCUT2D eigenvalue weighted by atomic mass is 19.4. The molecule has 1 aromatic rings. The van der Waals surface area contributed by atoms with E-state index in [2.05, 4.69) is 18.7 Å². The SMILES string of the molecule is CC1=C2C[C@@H]3[C@@H](C[C@@]2(C)CCC1)OC(=O)[C@@H]3CN1CCN(c2cccc(C(F)(F)F)c2)CC1. The third-order valence-electron chi connectivity index (χ3n) is 8.55. The number of esters is 1. The van der Waals surface area contributed by atoms with Crippen molar-refractivity contribution in [3.63, 3.8) is 0 Å². The van der Waals surface area contributed by atoms with Crippen LogP contribution in [0.1, 0.15) is 51.5 Å². The van der Waals surface area contributed by atoms with E-state index in [0.717, 1.165) is 32.0 Å². The minimum Gasteiger partial charge on any atom is -0.462 e. The molecular weight excluding hydrogens is 429 g/mol. The smallest absolute Gasteiger partial charge is 0.416 e. The Labute approximate surface area is 193 Å². The normalized spacial score (nSPS) is 33.1. The van der Waals surface area contributed by atoms with E-state index in [-0.39, 0.29) is 29.3 Å². The topological polar surface area (TPSA) is 32.8 Å². The molecule has 4 nitrogen and oxygen atoms in total. The highest BCUT2D eigenvalue weighted by Crippen LogP contribution is 2.55. The van der Waals surface area contributed by atoms with E-state index in [1.807, 2.05) is 4.90 Å². The lowest BCUT2D eigenvalue weighted by molar-refractivity contribution is -0.145. The lowest BCUT2D eigenvalue weighted by Gasteiger charge is -2.46. The number of allylic oxidation sites excluding steroid dienone is 2. The number of benzene rings is 1. The van der Waals surface area contributed by atoms with E-state index in [9.17, 15) is 18.0 Å². The zero-order chi connectivity index (χ0) is 23.4. The molecular formula is C26H33F3N2O2. The maximum Gasteiger partial charge on any atom is 0.416 e. The molecule has 2 aliphatic heterocycles.